The normalized spacial score (nSPS) is 10.2. The van der Waals surface area contributed by atoms with E-state index in [0.717, 1.165) is 5.33 Å². The molecule has 0 aromatic heterocycles. The molecule has 0 nitrogen and oxygen atoms in total. The van der Waals surface area contributed by atoms with Gasteiger partial charge in [-0.3, -0.25) is 0 Å². The molecule has 0 saturated carbocycles. The molecule has 62 valence electrons. The standard InChI is InChI=1S/C7H15BrS2/c1-9-5-3-7-10-6-2-4-8/h2-7H2,1H3. The van der Waals surface area contributed by atoms with Gasteiger partial charge in [0.2, 0.25) is 0 Å². The quantitative estimate of drug-likeness (QED) is 0.497. The van der Waals surface area contributed by atoms with Crippen molar-refractivity contribution in [3.8, 4) is 0 Å². The molecule has 0 aromatic carbocycles. The number of halogens is 1. The van der Waals surface area contributed by atoms with Crippen LogP contribution in [0.15, 0.2) is 0 Å². The van der Waals surface area contributed by atoms with Gasteiger partial charge in [-0.25, -0.2) is 0 Å². The highest BCUT2D eigenvalue weighted by Gasteiger charge is 1.88. The van der Waals surface area contributed by atoms with Crippen LogP contribution in [0.4, 0.5) is 0 Å². The van der Waals surface area contributed by atoms with Crippen LogP contribution in [-0.4, -0.2) is 28.8 Å². The second-order valence-corrected chi connectivity index (χ2v) is 5.00. The van der Waals surface area contributed by atoms with Crippen LogP contribution in [0.5, 0.6) is 0 Å². The first-order valence-electron chi connectivity index (χ1n) is 3.54. The van der Waals surface area contributed by atoms with Gasteiger partial charge >= 0.3 is 0 Å². The lowest BCUT2D eigenvalue weighted by Gasteiger charge is -1.97. The molecule has 0 amide bonds. The fourth-order valence-electron chi connectivity index (χ4n) is 0.564. The summed E-state index contributed by atoms with van der Waals surface area (Å²) in [6.45, 7) is 0. The van der Waals surface area contributed by atoms with E-state index in [0.29, 0.717) is 0 Å². The van der Waals surface area contributed by atoms with E-state index in [1.165, 1.54) is 30.1 Å². The van der Waals surface area contributed by atoms with E-state index in [1.54, 1.807) is 0 Å². The molecular weight excluding hydrogens is 228 g/mol. The topological polar surface area (TPSA) is 0 Å². The summed E-state index contributed by atoms with van der Waals surface area (Å²) in [6.07, 6.45) is 4.85. The van der Waals surface area contributed by atoms with Crippen molar-refractivity contribution in [2.24, 2.45) is 0 Å². The van der Waals surface area contributed by atoms with Gasteiger partial charge in [-0.05, 0) is 36.4 Å². The van der Waals surface area contributed by atoms with Crippen molar-refractivity contribution in [2.75, 3.05) is 28.8 Å². The second-order valence-electron chi connectivity index (χ2n) is 2.00. The van der Waals surface area contributed by atoms with Crippen LogP contribution in [0.2, 0.25) is 0 Å². The second kappa shape index (κ2) is 10.2. The van der Waals surface area contributed by atoms with E-state index in [1.807, 2.05) is 11.8 Å². The van der Waals surface area contributed by atoms with Crippen molar-refractivity contribution in [1.82, 2.24) is 0 Å². The molecule has 0 fully saturated rings. The molecule has 0 unspecified atom stereocenters. The molecule has 0 saturated heterocycles. The van der Waals surface area contributed by atoms with Crippen molar-refractivity contribution >= 4 is 39.5 Å². The van der Waals surface area contributed by atoms with Gasteiger partial charge in [0.15, 0.2) is 0 Å². The summed E-state index contributed by atoms with van der Waals surface area (Å²) in [5.41, 5.74) is 0. The van der Waals surface area contributed by atoms with E-state index in [4.69, 9.17) is 0 Å². The van der Waals surface area contributed by atoms with Gasteiger partial charge in [-0.15, -0.1) is 0 Å². The Labute approximate surface area is 81.0 Å². The van der Waals surface area contributed by atoms with Gasteiger partial charge in [0.1, 0.15) is 0 Å². The smallest absolute Gasteiger partial charge is 0.00391 e. The highest BCUT2D eigenvalue weighted by molar-refractivity contribution is 9.09. The Kier molecular flexibility index (Phi) is 11.4. The van der Waals surface area contributed by atoms with Crippen LogP contribution in [0.3, 0.4) is 0 Å². The Balaban J connectivity index is 2.65. The summed E-state index contributed by atoms with van der Waals surface area (Å²) < 4.78 is 0. The van der Waals surface area contributed by atoms with Crippen LogP contribution < -0.4 is 0 Å². The summed E-state index contributed by atoms with van der Waals surface area (Å²) in [5.74, 6) is 3.98. The third kappa shape index (κ3) is 9.18. The molecule has 0 aromatic rings. The van der Waals surface area contributed by atoms with Crippen molar-refractivity contribution in [1.29, 1.82) is 0 Å². The predicted molar refractivity (Wildman–Crippen MR) is 58.7 cm³/mol. The molecule has 0 rings (SSSR count). The maximum atomic E-state index is 3.41. The highest BCUT2D eigenvalue weighted by atomic mass is 79.9. The van der Waals surface area contributed by atoms with Crippen LogP contribution in [0.1, 0.15) is 12.8 Å². The van der Waals surface area contributed by atoms with E-state index in [-0.39, 0.29) is 0 Å². The predicted octanol–water partition coefficient (Wildman–Crippen LogP) is 3.26. The van der Waals surface area contributed by atoms with Gasteiger partial charge in [0.05, 0.1) is 0 Å². The average molecular weight is 243 g/mol. The van der Waals surface area contributed by atoms with Gasteiger partial charge in [-0.2, -0.15) is 23.5 Å². The first-order valence-corrected chi connectivity index (χ1v) is 7.21. The lowest BCUT2D eigenvalue weighted by Crippen LogP contribution is -1.86. The zero-order valence-electron chi connectivity index (χ0n) is 6.44. The number of alkyl halides is 1. The van der Waals surface area contributed by atoms with Gasteiger partial charge in [0, 0.05) is 5.33 Å². The molecule has 0 atom stereocenters. The zero-order valence-corrected chi connectivity index (χ0v) is 9.66. The fraction of sp³-hybridized carbons (Fsp3) is 1.00. The van der Waals surface area contributed by atoms with Gasteiger partial charge in [0.25, 0.3) is 0 Å². The maximum absolute atomic E-state index is 3.41. The summed E-state index contributed by atoms with van der Waals surface area (Å²) in [4.78, 5) is 0. The summed E-state index contributed by atoms with van der Waals surface area (Å²) in [6, 6.07) is 0. The number of hydrogen-bond acceptors (Lipinski definition) is 2. The van der Waals surface area contributed by atoms with Gasteiger partial charge in [-0.1, -0.05) is 15.9 Å². The maximum Gasteiger partial charge on any atom is 0.00391 e. The SMILES string of the molecule is CSCCCSCCCBr. The van der Waals surface area contributed by atoms with E-state index in [2.05, 4.69) is 33.9 Å². The Morgan fingerprint density at radius 3 is 2.40 bits per heavy atom. The number of hydrogen-bond donors (Lipinski definition) is 0. The van der Waals surface area contributed by atoms with Crippen LogP contribution in [-0.2, 0) is 0 Å². The molecule has 0 aliphatic carbocycles. The number of thioether (sulfide) groups is 2. The first kappa shape index (κ1) is 11.2. The lowest BCUT2D eigenvalue weighted by molar-refractivity contribution is 1.10. The van der Waals surface area contributed by atoms with Crippen LogP contribution in [0.25, 0.3) is 0 Å². The van der Waals surface area contributed by atoms with Crippen molar-refractivity contribution in [3.63, 3.8) is 0 Å². The third-order valence-corrected chi connectivity index (χ3v) is 3.47. The minimum absolute atomic E-state index is 1.16. The molecular formula is C7H15BrS2. The molecule has 0 spiro atoms. The van der Waals surface area contributed by atoms with Crippen molar-refractivity contribution in [2.45, 2.75) is 12.8 Å². The van der Waals surface area contributed by atoms with E-state index < -0.39 is 0 Å². The van der Waals surface area contributed by atoms with Gasteiger partial charge < -0.3 is 0 Å². The molecule has 10 heavy (non-hydrogen) atoms. The Bertz CT molecular complexity index is 51.6. The molecule has 0 radical (unpaired) electrons. The molecule has 0 N–H and O–H groups in total. The first-order chi connectivity index (χ1) is 4.91. The molecule has 0 heterocycles. The summed E-state index contributed by atoms with van der Waals surface area (Å²) in [5, 5.41) is 1.16. The zero-order chi connectivity index (χ0) is 7.66. The minimum Gasteiger partial charge on any atom is -0.165 e. The molecule has 0 aliphatic rings. The summed E-state index contributed by atoms with van der Waals surface area (Å²) >= 11 is 7.43. The Morgan fingerprint density at radius 2 is 1.80 bits per heavy atom. The van der Waals surface area contributed by atoms with E-state index >= 15 is 0 Å². The highest BCUT2D eigenvalue weighted by Crippen LogP contribution is 2.07. The monoisotopic (exact) mass is 242 g/mol. The average Bonchev–Trinajstić information content (AvgIpc) is 1.97. The van der Waals surface area contributed by atoms with E-state index in [9.17, 15) is 0 Å². The number of rotatable bonds is 7. The molecule has 0 bridgehead atoms. The van der Waals surface area contributed by atoms with Crippen molar-refractivity contribution < 1.29 is 0 Å². The molecule has 3 heteroatoms. The van der Waals surface area contributed by atoms with Crippen LogP contribution >= 0.6 is 39.5 Å². The lowest BCUT2D eigenvalue weighted by atomic mass is 10.6. The third-order valence-electron chi connectivity index (χ3n) is 1.06. The minimum atomic E-state index is 1.16. The largest absolute Gasteiger partial charge is 0.165 e. The Morgan fingerprint density at radius 1 is 1.10 bits per heavy atom. The van der Waals surface area contributed by atoms with Crippen LogP contribution in [0, 0.1) is 0 Å². The summed E-state index contributed by atoms with van der Waals surface area (Å²) in [7, 11) is 0. The Hall–Kier alpha value is 1.18. The van der Waals surface area contributed by atoms with Crippen molar-refractivity contribution in [3.05, 3.63) is 0 Å². The molecule has 0 aliphatic heterocycles. The fourth-order valence-corrected chi connectivity index (χ4v) is 2.73.